The first-order valence-electron chi connectivity index (χ1n) is 8.41. The average molecular weight is 419 g/mol. The van der Waals surface area contributed by atoms with E-state index >= 15 is 0 Å². The molecule has 0 aromatic heterocycles. The van der Waals surface area contributed by atoms with Crippen LogP contribution in [0, 0.1) is 0 Å². The molecule has 2 amide bonds. The van der Waals surface area contributed by atoms with Crippen LogP contribution in [0.4, 0.5) is 11.4 Å². The fraction of sp³-hybridized carbons (Fsp3) is 0. The SMILES string of the molecule is O=C1C(Nc2ccccc2)=C(c2ccccc2)C(=O)N1c1cccc(Br)c1. The van der Waals surface area contributed by atoms with Crippen molar-refractivity contribution in [3.8, 4) is 0 Å². The number of amides is 2. The lowest BCUT2D eigenvalue weighted by Gasteiger charge is -2.15. The number of rotatable bonds is 4. The van der Waals surface area contributed by atoms with Crippen LogP contribution in [0.15, 0.2) is 95.1 Å². The highest BCUT2D eigenvalue weighted by Gasteiger charge is 2.40. The van der Waals surface area contributed by atoms with Crippen molar-refractivity contribution in [1.29, 1.82) is 0 Å². The molecule has 0 atom stereocenters. The molecule has 4 nitrogen and oxygen atoms in total. The minimum atomic E-state index is -0.374. The molecule has 1 heterocycles. The molecule has 4 rings (SSSR count). The fourth-order valence-electron chi connectivity index (χ4n) is 3.03. The van der Waals surface area contributed by atoms with Crippen molar-refractivity contribution in [2.75, 3.05) is 10.2 Å². The van der Waals surface area contributed by atoms with E-state index in [-0.39, 0.29) is 17.5 Å². The van der Waals surface area contributed by atoms with Gasteiger partial charge in [-0.25, -0.2) is 4.90 Å². The van der Waals surface area contributed by atoms with Crippen LogP contribution >= 0.6 is 15.9 Å². The van der Waals surface area contributed by atoms with Gasteiger partial charge in [-0.3, -0.25) is 9.59 Å². The highest BCUT2D eigenvalue weighted by molar-refractivity contribution is 9.10. The first kappa shape index (κ1) is 17.2. The Morgan fingerprint density at radius 1 is 0.741 bits per heavy atom. The van der Waals surface area contributed by atoms with Crippen LogP contribution in [0.1, 0.15) is 5.56 Å². The summed E-state index contributed by atoms with van der Waals surface area (Å²) in [6.45, 7) is 0. The van der Waals surface area contributed by atoms with E-state index in [0.29, 0.717) is 16.8 Å². The normalized spacial score (nSPS) is 14.0. The third kappa shape index (κ3) is 3.29. The van der Waals surface area contributed by atoms with E-state index in [1.54, 1.807) is 18.2 Å². The van der Waals surface area contributed by atoms with Crippen molar-refractivity contribution in [2.45, 2.75) is 0 Å². The van der Waals surface area contributed by atoms with Crippen LogP contribution in [-0.2, 0) is 9.59 Å². The minimum absolute atomic E-state index is 0.275. The molecular weight excluding hydrogens is 404 g/mol. The van der Waals surface area contributed by atoms with Crippen LogP contribution in [0.25, 0.3) is 5.57 Å². The predicted molar refractivity (Wildman–Crippen MR) is 110 cm³/mol. The number of carbonyl (C=O) groups is 2. The molecule has 0 fully saturated rings. The number of para-hydroxylation sites is 1. The summed E-state index contributed by atoms with van der Waals surface area (Å²) in [5.74, 6) is -0.719. The molecule has 0 radical (unpaired) electrons. The second-order valence-corrected chi connectivity index (χ2v) is 6.95. The maximum absolute atomic E-state index is 13.2. The number of hydrogen-bond acceptors (Lipinski definition) is 3. The minimum Gasteiger partial charge on any atom is -0.350 e. The van der Waals surface area contributed by atoms with Gasteiger partial charge in [0.25, 0.3) is 11.8 Å². The Morgan fingerprint density at radius 2 is 1.41 bits per heavy atom. The number of halogens is 1. The van der Waals surface area contributed by atoms with Gasteiger partial charge in [-0.1, -0.05) is 70.5 Å². The Morgan fingerprint density at radius 3 is 2.07 bits per heavy atom. The van der Waals surface area contributed by atoms with E-state index in [9.17, 15) is 9.59 Å². The summed E-state index contributed by atoms with van der Waals surface area (Å²) in [5.41, 5.74) is 2.62. The lowest BCUT2D eigenvalue weighted by molar-refractivity contribution is -0.120. The number of nitrogens with one attached hydrogen (secondary N) is 1. The highest BCUT2D eigenvalue weighted by Crippen LogP contribution is 2.34. The number of anilines is 2. The number of benzene rings is 3. The molecule has 0 spiro atoms. The van der Waals surface area contributed by atoms with Crippen LogP contribution in [-0.4, -0.2) is 11.8 Å². The molecule has 1 N–H and O–H groups in total. The van der Waals surface area contributed by atoms with Crippen molar-refractivity contribution in [1.82, 2.24) is 0 Å². The van der Waals surface area contributed by atoms with Crippen LogP contribution in [0.2, 0.25) is 0 Å². The number of nitrogens with zero attached hydrogens (tertiary/aromatic N) is 1. The van der Waals surface area contributed by atoms with Crippen molar-refractivity contribution in [3.05, 3.63) is 101 Å². The standard InChI is InChI=1S/C22H15BrN2O2/c23-16-10-7-13-18(14-16)25-21(26)19(15-8-3-1-4-9-15)20(22(25)27)24-17-11-5-2-6-12-17/h1-14,24H. The van der Waals surface area contributed by atoms with Gasteiger partial charge in [0.05, 0.1) is 11.3 Å². The maximum atomic E-state index is 13.2. The lowest BCUT2D eigenvalue weighted by Crippen LogP contribution is -2.32. The molecule has 0 unspecified atom stereocenters. The predicted octanol–water partition coefficient (Wildman–Crippen LogP) is 4.85. The Balaban J connectivity index is 1.83. The van der Waals surface area contributed by atoms with Crippen LogP contribution in [0.5, 0.6) is 0 Å². The topological polar surface area (TPSA) is 49.4 Å². The first-order chi connectivity index (χ1) is 13.1. The van der Waals surface area contributed by atoms with Gasteiger partial charge in [0.1, 0.15) is 5.70 Å². The molecule has 3 aromatic carbocycles. The molecule has 1 aliphatic rings. The van der Waals surface area contributed by atoms with Gasteiger partial charge in [0, 0.05) is 10.2 Å². The smallest absolute Gasteiger partial charge is 0.282 e. The van der Waals surface area contributed by atoms with E-state index in [1.807, 2.05) is 66.7 Å². The van der Waals surface area contributed by atoms with Crippen molar-refractivity contribution in [2.24, 2.45) is 0 Å². The van der Waals surface area contributed by atoms with Gasteiger partial charge in [0.2, 0.25) is 0 Å². The summed E-state index contributed by atoms with van der Waals surface area (Å²) < 4.78 is 0.798. The Kier molecular flexibility index (Phi) is 4.60. The van der Waals surface area contributed by atoms with Crippen LogP contribution in [0.3, 0.4) is 0 Å². The molecular formula is C22H15BrN2O2. The van der Waals surface area contributed by atoms with E-state index < -0.39 is 0 Å². The largest absolute Gasteiger partial charge is 0.350 e. The van der Waals surface area contributed by atoms with E-state index in [0.717, 1.165) is 10.2 Å². The molecule has 1 aliphatic heterocycles. The zero-order valence-electron chi connectivity index (χ0n) is 14.2. The summed E-state index contributed by atoms with van der Waals surface area (Å²) in [7, 11) is 0. The maximum Gasteiger partial charge on any atom is 0.282 e. The Hall–Kier alpha value is -3.18. The lowest BCUT2D eigenvalue weighted by atomic mass is 10.0. The van der Waals surface area contributed by atoms with E-state index in [4.69, 9.17) is 0 Å². The van der Waals surface area contributed by atoms with E-state index in [1.165, 1.54) is 4.90 Å². The third-order valence-corrected chi connectivity index (χ3v) is 4.75. The van der Waals surface area contributed by atoms with Crippen LogP contribution < -0.4 is 10.2 Å². The average Bonchev–Trinajstić information content (AvgIpc) is 2.93. The molecule has 0 saturated carbocycles. The van der Waals surface area contributed by atoms with Crippen molar-refractivity contribution >= 4 is 44.7 Å². The van der Waals surface area contributed by atoms with Gasteiger partial charge in [-0.15, -0.1) is 0 Å². The molecule has 27 heavy (non-hydrogen) atoms. The number of hydrogen-bond donors (Lipinski definition) is 1. The summed E-state index contributed by atoms with van der Waals surface area (Å²) >= 11 is 3.40. The quantitative estimate of drug-likeness (QED) is 0.616. The number of imide groups is 1. The zero-order chi connectivity index (χ0) is 18.8. The van der Waals surface area contributed by atoms with Gasteiger partial charge >= 0.3 is 0 Å². The first-order valence-corrected chi connectivity index (χ1v) is 9.20. The molecule has 3 aromatic rings. The molecule has 5 heteroatoms. The van der Waals surface area contributed by atoms with Gasteiger partial charge in [-0.05, 0) is 35.9 Å². The summed E-state index contributed by atoms with van der Waals surface area (Å²) in [6.07, 6.45) is 0. The van der Waals surface area contributed by atoms with Gasteiger partial charge in [0.15, 0.2) is 0 Å². The van der Waals surface area contributed by atoms with Crippen molar-refractivity contribution in [3.63, 3.8) is 0 Å². The van der Waals surface area contributed by atoms with Gasteiger partial charge < -0.3 is 5.32 Å². The molecule has 132 valence electrons. The molecule has 0 bridgehead atoms. The summed E-state index contributed by atoms with van der Waals surface area (Å²) in [6, 6.07) is 25.7. The Labute approximate surface area is 165 Å². The molecule has 0 aliphatic carbocycles. The molecule has 0 saturated heterocycles. The zero-order valence-corrected chi connectivity index (χ0v) is 15.8. The third-order valence-electron chi connectivity index (χ3n) is 4.26. The van der Waals surface area contributed by atoms with E-state index in [2.05, 4.69) is 21.2 Å². The van der Waals surface area contributed by atoms with Gasteiger partial charge in [-0.2, -0.15) is 0 Å². The monoisotopic (exact) mass is 418 g/mol. The highest BCUT2D eigenvalue weighted by atomic mass is 79.9. The summed E-state index contributed by atoms with van der Waals surface area (Å²) in [4.78, 5) is 27.6. The number of carbonyl (C=O) groups excluding carboxylic acids is 2. The second-order valence-electron chi connectivity index (χ2n) is 6.03. The Bertz CT molecular complexity index is 1050. The fourth-order valence-corrected chi connectivity index (χ4v) is 3.42. The second kappa shape index (κ2) is 7.21. The summed E-state index contributed by atoms with van der Waals surface area (Å²) in [5, 5.41) is 3.14. The van der Waals surface area contributed by atoms with Crippen molar-refractivity contribution < 1.29 is 9.59 Å².